The number of ether oxygens (including phenoxy) is 1. The molecule has 2 heterocycles. The topological polar surface area (TPSA) is 36.3 Å². The quantitative estimate of drug-likeness (QED) is 0.739. The van der Waals surface area contributed by atoms with Gasteiger partial charge < -0.3 is 9.64 Å². The summed E-state index contributed by atoms with van der Waals surface area (Å²) in [7, 11) is 0. The van der Waals surface area contributed by atoms with Crippen molar-refractivity contribution in [3.05, 3.63) is 0 Å². The van der Waals surface area contributed by atoms with Gasteiger partial charge in [-0.2, -0.15) is 5.26 Å². The molecule has 2 aliphatic rings. The van der Waals surface area contributed by atoms with Crippen LogP contribution in [0.3, 0.4) is 0 Å². The summed E-state index contributed by atoms with van der Waals surface area (Å²) in [5.41, 5.74) is 0.492. The van der Waals surface area contributed by atoms with Crippen LogP contribution in [-0.2, 0) is 4.74 Å². The summed E-state index contributed by atoms with van der Waals surface area (Å²) < 4.78 is 5.84. The largest absolute Gasteiger partial charge is 0.376 e. The van der Waals surface area contributed by atoms with Crippen LogP contribution in [0, 0.1) is 16.7 Å². The smallest absolute Gasteiger partial charge is 0.0635 e. The summed E-state index contributed by atoms with van der Waals surface area (Å²) in [5.74, 6) is 0. The lowest BCUT2D eigenvalue weighted by atomic mass is 9.69. The van der Waals surface area contributed by atoms with Crippen LogP contribution in [0.15, 0.2) is 0 Å². The summed E-state index contributed by atoms with van der Waals surface area (Å²) >= 11 is 0. The molecule has 0 saturated carbocycles. The molecule has 2 rings (SSSR count). The van der Waals surface area contributed by atoms with E-state index < -0.39 is 0 Å². The Kier molecular flexibility index (Phi) is 3.75. The van der Waals surface area contributed by atoms with E-state index in [4.69, 9.17) is 10.00 Å². The molecule has 1 atom stereocenters. The Morgan fingerprint density at radius 2 is 2.18 bits per heavy atom. The lowest BCUT2D eigenvalue weighted by Crippen LogP contribution is -2.50. The predicted molar refractivity (Wildman–Crippen MR) is 67.6 cm³/mol. The summed E-state index contributed by atoms with van der Waals surface area (Å²) in [4.78, 5) is 2.48. The number of hydrogen-bond acceptors (Lipinski definition) is 3. The van der Waals surface area contributed by atoms with Gasteiger partial charge in [0.2, 0.25) is 0 Å². The Morgan fingerprint density at radius 1 is 1.35 bits per heavy atom. The van der Waals surface area contributed by atoms with Gasteiger partial charge in [-0.1, -0.05) is 0 Å². The number of rotatable bonds is 2. The third-order valence-electron chi connectivity index (χ3n) is 4.21. The van der Waals surface area contributed by atoms with E-state index in [1.165, 1.54) is 38.8 Å². The predicted octanol–water partition coefficient (Wildman–Crippen LogP) is 2.57. The van der Waals surface area contributed by atoms with E-state index in [2.05, 4.69) is 24.8 Å². The first-order valence-corrected chi connectivity index (χ1v) is 6.79. The van der Waals surface area contributed by atoms with E-state index in [9.17, 15) is 0 Å². The van der Waals surface area contributed by atoms with Gasteiger partial charge in [-0.05, 0) is 51.5 Å². The second-order valence-corrected chi connectivity index (χ2v) is 6.32. The molecular weight excluding hydrogens is 212 g/mol. The zero-order valence-electron chi connectivity index (χ0n) is 11.2. The average Bonchev–Trinajstić information content (AvgIpc) is 2.25. The van der Waals surface area contributed by atoms with E-state index in [1.54, 1.807) is 0 Å². The third-order valence-corrected chi connectivity index (χ3v) is 4.21. The minimum atomic E-state index is 0.0382. The second-order valence-electron chi connectivity index (χ2n) is 6.32. The molecule has 0 aromatic heterocycles. The van der Waals surface area contributed by atoms with Crippen LogP contribution in [0.5, 0.6) is 0 Å². The Bertz CT molecular complexity index is 304. The molecule has 3 nitrogen and oxygen atoms in total. The Balaban J connectivity index is 1.97. The lowest BCUT2D eigenvalue weighted by Gasteiger charge is -2.50. The fourth-order valence-electron chi connectivity index (χ4n) is 3.64. The Hall–Kier alpha value is -0.590. The maximum Gasteiger partial charge on any atom is 0.0635 e. The normalized spacial score (nSPS) is 33.5. The van der Waals surface area contributed by atoms with Gasteiger partial charge in [0.25, 0.3) is 0 Å². The molecule has 3 heteroatoms. The highest BCUT2D eigenvalue weighted by Gasteiger charge is 2.43. The molecule has 0 aromatic rings. The summed E-state index contributed by atoms with van der Waals surface area (Å²) in [5, 5.41) is 8.69. The van der Waals surface area contributed by atoms with Crippen LogP contribution in [0.4, 0.5) is 0 Å². The summed E-state index contributed by atoms with van der Waals surface area (Å²) in [6.45, 7) is 8.61. The first-order valence-electron chi connectivity index (χ1n) is 6.79. The van der Waals surface area contributed by atoms with Crippen LogP contribution < -0.4 is 0 Å². The minimum absolute atomic E-state index is 0.0382. The van der Waals surface area contributed by atoms with Crippen molar-refractivity contribution in [2.45, 2.75) is 51.6 Å². The fourth-order valence-corrected chi connectivity index (χ4v) is 3.64. The molecule has 0 unspecified atom stereocenters. The molecule has 1 spiro atoms. The number of likely N-dealkylation sites (tertiary alicyclic amines) is 1. The van der Waals surface area contributed by atoms with Gasteiger partial charge in [0.1, 0.15) is 0 Å². The maximum atomic E-state index is 8.69. The van der Waals surface area contributed by atoms with E-state index in [-0.39, 0.29) is 5.60 Å². The van der Waals surface area contributed by atoms with Crippen molar-refractivity contribution in [2.24, 2.45) is 5.41 Å². The first-order chi connectivity index (χ1) is 8.05. The van der Waals surface area contributed by atoms with Gasteiger partial charge >= 0.3 is 0 Å². The Labute approximate surface area is 105 Å². The Morgan fingerprint density at radius 3 is 2.88 bits per heavy atom. The molecule has 0 aromatic carbocycles. The summed E-state index contributed by atoms with van der Waals surface area (Å²) in [6, 6.07) is 2.26. The fraction of sp³-hybridized carbons (Fsp3) is 0.929. The van der Waals surface area contributed by atoms with E-state index >= 15 is 0 Å². The lowest BCUT2D eigenvalue weighted by molar-refractivity contribution is -0.122. The van der Waals surface area contributed by atoms with Gasteiger partial charge in [-0.15, -0.1) is 0 Å². The van der Waals surface area contributed by atoms with Crippen LogP contribution in [-0.4, -0.2) is 36.7 Å². The number of nitrogens with zero attached hydrogens (tertiary/aromatic N) is 2. The molecule has 0 bridgehead atoms. The molecule has 2 fully saturated rings. The number of nitriles is 1. The summed E-state index contributed by atoms with van der Waals surface area (Å²) in [6.07, 6.45) is 5.64. The molecule has 17 heavy (non-hydrogen) atoms. The minimum Gasteiger partial charge on any atom is -0.376 e. The van der Waals surface area contributed by atoms with Gasteiger partial charge in [0, 0.05) is 26.1 Å². The van der Waals surface area contributed by atoms with E-state index in [0.717, 1.165) is 13.2 Å². The molecule has 2 saturated heterocycles. The van der Waals surface area contributed by atoms with Crippen molar-refractivity contribution in [1.82, 2.24) is 4.90 Å². The average molecular weight is 236 g/mol. The first kappa shape index (κ1) is 12.9. The molecule has 2 aliphatic heterocycles. The highest BCUT2D eigenvalue weighted by molar-refractivity contribution is 4.95. The van der Waals surface area contributed by atoms with E-state index in [0.29, 0.717) is 11.8 Å². The molecule has 0 amide bonds. The van der Waals surface area contributed by atoms with Gasteiger partial charge in [0.05, 0.1) is 11.7 Å². The molecule has 0 aliphatic carbocycles. The zero-order chi connectivity index (χ0) is 12.4. The maximum absolute atomic E-state index is 8.69. The van der Waals surface area contributed by atoms with Crippen LogP contribution in [0.2, 0.25) is 0 Å². The number of hydrogen-bond donors (Lipinski definition) is 0. The van der Waals surface area contributed by atoms with Crippen LogP contribution in [0.1, 0.15) is 46.0 Å². The van der Waals surface area contributed by atoms with Crippen LogP contribution >= 0.6 is 0 Å². The van der Waals surface area contributed by atoms with Gasteiger partial charge in [-0.25, -0.2) is 0 Å². The van der Waals surface area contributed by atoms with Crippen molar-refractivity contribution < 1.29 is 4.74 Å². The zero-order valence-corrected chi connectivity index (χ0v) is 11.2. The standard InChI is InChI=1S/C14H24N2O/c1-13(2)11-14(6-10-17-13)5-3-8-16(12-14)9-4-7-15/h3-6,8-12H2,1-2H3/t14-/m1/s1. The second kappa shape index (κ2) is 4.96. The van der Waals surface area contributed by atoms with Crippen molar-refractivity contribution in [3.8, 4) is 6.07 Å². The SMILES string of the molecule is CC1(C)C[C@@]2(CCCN(CCC#N)C2)CCO1. The molecule has 0 radical (unpaired) electrons. The van der Waals surface area contributed by atoms with Crippen LogP contribution in [0.25, 0.3) is 0 Å². The molecule has 0 N–H and O–H groups in total. The highest BCUT2D eigenvalue weighted by atomic mass is 16.5. The number of piperidine rings is 1. The molecular formula is C14H24N2O. The van der Waals surface area contributed by atoms with Crippen molar-refractivity contribution in [3.63, 3.8) is 0 Å². The molecule has 96 valence electrons. The monoisotopic (exact) mass is 236 g/mol. The van der Waals surface area contributed by atoms with Gasteiger partial charge in [-0.3, -0.25) is 0 Å². The van der Waals surface area contributed by atoms with Crippen molar-refractivity contribution in [2.75, 3.05) is 26.2 Å². The van der Waals surface area contributed by atoms with E-state index in [1.807, 2.05) is 0 Å². The van der Waals surface area contributed by atoms with Crippen molar-refractivity contribution >= 4 is 0 Å². The van der Waals surface area contributed by atoms with Gasteiger partial charge in [0.15, 0.2) is 0 Å². The highest BCUT2D eigenvalue weighted by Crippen LogP contribution is 2.44. The third kappa shape index (κ3) is 3.20. The van der Waals surface area contributed by atoms with Crippen molar-refractivity contribution in [1.29, 1.82) is 5.26 Å².